The molecule has 0 bridgehead atoms. The van der Waals surface area contributed by atoms with Crippen molar-refractivity contribution in [2.24, 2.45) is 5.92 Å². The first-order valence-electron chi connectivity index (χ1n) is 8.55. The summed E-state index contributed by atoms with van der Waals surface area (Å²) in [5, 5.41) is 16.3. The molecule has 2 aliphatic rings. The molecule has 1 amide bonds. The molecule has 1 fully saturated rings. The maximum absolute atomic E-state index is 14.3. The number of anilines is 1. The van der Waals surface area contributed by atoms with E-state index in [0.717, 1.165) is 30.2 Å². The highest BCUT2D eigenvalue weighted by atomic mass is 19.1. The van der Waals surface area contributed by atoms with Crippen molar-refractivity contribution in [3.05, 3.63) is 65.1 Å². The van der Waals surface area contributed by atoms with Gasteiger partial charge in [-0.15, -0.1) is 0 Å². The first-order valence-corrected chi connectivity index (χ1v) is 8.55. The summed E-state index contributed by atoms with van der Waals surface area (Å²) in [6, 6.07) is 6.20. The summed E-state index contributed by atoms with van der Waals surface area (Å²) in [6.07, 6.45) is 3.05. The molecule has 0 unspecified atom stereocenters. The van der Waals surface area contributed by atoms with E-state index >= 15 is 0 Å². The summed E-state index contributed by atoms with van der Waals surface area (Å²) >= 11 is 0. The predicted octanol–water partition coefficient (Wildman–Crippen LogP) is 3.16. The number of carbonyl (C=O) groups excluding carboxylic acids is 1. The second-order valence-corrected chi connectivity index (χ2v) is 6.89. The number of pyridine rings is 1. The monoisotopic (exact) mass is 368 g/mol. The fourth-order valence-corrected chi connectivity index (χ4v) is 3.79. The van der Waals surface area contributed by atoms with Gasteiger partial charge in [-0.2, -0.15) is 5.10 Å². The van der Waals surface area contributed by atoms with E-state index in [1.165, 1.54) is 35.1 Å². The quantitative estimate of drug-likeness (QED) is 0.744. The lowest BCUT2D eigenvalue weighted by Crippen LogP contribution is -2.15. The van der Waals surface area contributed by atoms with Gasteiger partial charge in [0.05, 0.1) is 17.6 Å². The number of fused-ring (bicyclic) bond motifs is 3. The van der Waals surface area contributed by atoms with E-state index in [1.54, 1.807) is 0 Å². The van der Waals surface area contributed by atoms with E-state index in [-0.39, 0.29) is 23.2 Å². The van der Waals surface area contributed by atoms with Crippen molar-refractivity contribution >= 4 is 11.6 Å². The van der Waals surface area contributed by atoms with Crippen LogP contribution in [0, 0.1) is 17.6 Å². The first-order chi connectivity index (χ1) is 13.0. The van der Waals surface area contributed by atoms with E-state index in [0.29, 0.717) is 11.6 Å². The van der Waals surface area contributed by atoms with Gasteiger partial charge >= 0.3 is 0 Å². The second-order valence-electron chi connectivity index (χ2n) is 6.89. The van der Waals surface area contributed by atoms with Crippen LogP contribution in [0.3, 0.4) is 0 Å². The molecule has 0 radical (unpaired) electrons. The maximum Gasteiger partial charge on any atom is 0.276 e. The molecule has 2 aliphatic carbocycles. The van der Waals surface area contributed by atoms with E-state index < -0.39 is 17.5 Å². The van der Waals surface area contributed by atoms with Crippen LogP contribution in [0.5, 0.6) is 5.88 Å². The zero-order chi connectivity index (χ0) is 18.7. The van der Waals surface area contributed by atoms with Gasteiger partial charge in [0, 0.05) is 23.6 Å². The number of nitrogens with zero attached hydrogens (tertiary/aromatic N) is 3. The molecule has 0 aliphatic heterocycles. The molecule has 2 N–H and O–H groups in total. The highest BCUT2D eigenvalue weighted by Gasteiger charge is 2.50. The Bertz CT molecular complexity index is 1080. The summed E-state index contributed by atoms with van der Waals surface area (Å²) in [7, 11) is 0. The minimum atomic E-state index is -0.723. The minimum Gasteiger partial charge on any atom is -0.493 e. The molecular weight excluding hydrogens is 354 g/mol. The molecular formula is C19H14F2N4O2. The second kappa shape index (κ2) is 5.60. The number of hydrogen-bond acceptors (Lipinski definition) is 4. The molecule has 2 aromatic heterocycles. The number of aromatic nitrogens is 3. The third-order valence-electron chi connectivity index (χ3n) is 5.12. The molecule has 0 spiro atoms. The Hall–Kier alpha value is -3.29. The van der Waals surface area contributed by atoms with Crippen LogP contribution in [0.25, 0.3) is 5.69 Å². The van der Waals surface area contributed by atoms with Crippen molar-refractivity contribution in [2.75, 3.05) is 5.32 Å². The highest BCUT2D eigenvalue weighted by Crippen LogP contribution is 2.57. The number of amides is 1. The number of hydrogen-bond donors (Lipinski definition) is 2. The van der Waals surface area contributed by atoms with Gasteiger partial charge in [-0.1, -0.05) is 0 Å². The van der Waals surface area contributed by atoms with Crippen molar-refractivity contribution in [1.29, 1.82) is 0 Å². The average Bonchev–Trinajstić information content (AvgIpc) is 3.14. The Balaban J connectivity index is 1.55. The van der Waals surface area contributed by atoms with Gasteiger partial charge < -0.3 is 10.4 Å². The Kier molecular flexibility index (Phi) is 3.30. The zero-order valence-electron chi connectivity index (χ0n) is 14.0. The molecule has 6 nitrogen and oxygen atoms in total. The van der Waals surface area contributed by atoms with E-state index in [2.05, 4.69) is 15.4 Å². The summed E-state index contributed by atoms with van der Waals surface area (Å²) in [6.45, 7) is 0. The van der Waals surface area contributed by atoms with Crippen molar-refractivity contribution in [2.45, 2.75) is 18.8 Å². The van der Waals surface area contributed by atoms with Crippen molar-refractivity contribution in [1.82, 2.24) is 14.8 Å². The summed E-state index contributed by atoms with van der Waals surface area (Å²) in [5.74, 6) is -1.25. The van der Waals surface area contributed by atoms with Gasteiger partial charge in [0.25, 0.3) is 5.91 Å². The van der Waals surface area contributed by atoms with Crippen LogP contribution in [0.4, 0.5) is 14.5 Å². The predicted molar refractivity (Wildman–Crippen MR) is 91.9 cm³/mol. The molecule has 5 rings (SSSR count). The lowest BCUT2D eigenvalue weighted by Gasteiger charge is -2.07. The minimum absolute atomic E-state index is 0.130. The van der Waals surface area contributed by atoms with Gasteiger partial charge in [0.1, 0.15) is 11.5 Å². The largest absolute Gasteiger partial charge is 0.493 e. The van der Waals surface area contributed by atoms with Crippen molar-refractivity contribution in [3.63, 3.8) is 0 Å². The van der Waals surface area contributed by atoms with Crippen molar-refractivity contribution < 1.29 is 18.7 Å². The Morgan fingerprint density at radius 3 is 2.85 bits per heavy atom. The Morgan fingerprint density at radius 2 is 2.11 bits per heavy atom. The van der Waals surface area contributed by atoms with Crippen LogP contribution in [0.2, 0.25) is 0 Å². The lowest BCUT2D eigenvalue weighted by molar-refractivity contribution is 0.102. The third kappa shape index (κ3) is 2.56. The standard InChI is InChI=1S/C19H14F2N4O2/c20-10-1-3-15(14(21)7-10)25-18-12-5-9(12)6-13(18)17(24-25)19(27)23-11-2-4-16(26)22-8-11/h1-4,7-9,12H,5-6H2,(H,22,26)(H,23,27)/t9-,12-/m1/s1. The summed E-state index contributed by atoms with van der Waals surface area (Å²) < 4.78 is 29.0. The number of nitrogens with one attached hydrogen (secondary N) is 1. The molecule has 3 aromatic rings. The van der Waals surface area contributed by atoms with Gasteiger partial charge in [-0.05, 0) is 37.0 Å². The van der Waals surface area contributed by atoms with Crippen LogP contribution < -0.4 is 5.32 Å². The average molecular weight is 368 g/mol. The molecule has 8 heteroatoms. The smallest absolute Gasteiger partial charge is 0.276 e. The van der Waals surface area contributed by atoms with E-state index in [1.807, 2.05) is 0 Å². The Morgan fingerprint density at radius 1 is 1.26 bits per heavy atom. The lowest BCUT2D eigenvalue weighted by atomic mass is 10.1. The SMILES string of the molecule is O=C(Nc1ccc(O)nc1)c1nn(-c2ccc(F)cc2F)c2c1C[C@H]1C[C@@H]21. The van der Waals surface area contributed by atoms with Crippen molar-refractivity contribution in [3.8, 4) is 11.6 Å². The van der Waals surface area contributed by atoms with Crippen LogP contribution in [0.1, 0.15) is 34.1 Å². The zero-order valence-corrected chi connectivity index (χ0v) is 14.0. The van der Waals surface area contributed by atoms with Gasteiger partial charge in [-0.3, -0.25) is 4.79 Å². The molecule has 27 heavy (non-hydrogen) atoms. The van der Waals surface area contributed by atoms with Gasteiger partial charge in [0.15, 0.2) is 11.5 Å². The van der Waals surface area contributed by atoms with Crippen LogP contribution in [0.15, 0.2) is 36.5 Å². The Labute approximate surface area is 152 Å². The maximum atomic E-state index is 14.3. The number of rotatable bonds is 3. The topological polar surface area (TPSA) is 80.0 Å². The normalized spacial score (nSPS) is 19.5. The third-order valence-corrected chi connectivity index (χ3v) is 5.12. The highest BCUT2D eigenvalue weighted by molar-refractivity contribution is 6.04. The molecule has 1 aromatic carbocycles. The van der Waals surface area contributed by atoms with E-state index in [4.69, 9.17) is 0 Å². The van der Waals surface area contributed by atoms with E-state index in [9.17, 15) is 18.7 Å². The molecule has 0 saturated heterocycles. The summed E-state index contributed by atoms with van der Waals surface area (Å²) in [4.78, 5) is 16.5. The molecule has 1 saturated carbocycles. The van der Waals surface area contributed by atoms with Gasteiger partial charge in [-0.25, -0.2) is 18.4 Å². The molecule has 2 atom stereocenters. The fraction of sp³-hybridized carbons (Fsp3) is 0.211. The number of carbonyl (C=O) groups is 1. The molecule has 136 valence electrons. The number of benzene rings is 1. The number of aromatic hydroxyl groups is 1. The fourth-order valence-electron chi connectivity index (χ4n) is 3.79. The molecule has 2 heterocycles. The summed E-state index contributed by atoms with van der Waals surface area (Å²) in [5.41, 5.74) is 2.42. The van der Waals surface area contributed by atoms with Crippen LogP contribution >= 0.6 is 0 Å². The van der Waals surface area contributed by atoms with Crippen LogP contribution in [-0.2, 0) is 6.42 Å². The van der Waals surface area contributed by atoms with Crippen LogP contribution in [-0.4, -0.2) is 25.8 Å². The number of halogens is 2. The van der Waals surface area contributed by atoms with Gasteiger partial charge in [0.2, 0.25) is 5.88 Å². The first kappa shape index (κ1) is 15.9.